The highest BCUT2D eigenvalue weighted by atomic mass is 16.3. The number of hydrogen-bond donors (Lipinski definition) is 0. The zero-order valence-electron chi connectivity index (χ0n) is 27.5. The van der Waals surface area contributed by atoms with Crippen molar-refractivity contribution in [1.29, 1.82) is 0 Å². The summed E-state index contributed by atoms with van der Waals surface area (Å²) in [6.45, 7) is 0. The molecule has 51 heavy (non-hydrogen) atoms. The number of nitrogens with zero attached hydrogens (tertiary/aromatic N) is 2. The average Bonchev–Trinajstić information content (AvgIpc) is 3.74. The Morgan fingerprint density at radius 2 is 1.04 bits per heavy atom. The van der Waals surface area contributed by atoms with E-state index in [0.717, 1.165) is 55.6 Å². The van der Waals surface area contributed by atoms with Crippen LogP contribution in [0.15, 0.2) is 174 Å². The van der Waals surface area contributed by atoms with Crippen LogP contribution in [0.2, 0.25) is 0 Å². The summed E-state index contributed by atoms with van der Waals surface area (Å²) in [7, 11) is 0. The van der Waals surface area contributed by atoms with Gasteiger partial charge in [-0.05, 0) is 80.4 Å². The topological polar surface area (TPSA) is 38.9 Å². The van der Waals surface area contributed by atoms with Crippen molar-refractivity contribution in [3.63, 3.8) is 0 Å². The maximum Gasteiger partial charge on any atom is 0.160 e. The molecule has 8 aromatic carbocycles. The van der Waals surface area contributed by atoms with Gasteiger partial charge in [0.05, 0.1) is 11.4 Å². The molecule has 236 valence electrons. The fraction of sp³-hybridized carbons (Fsp3) is 0. The van der Waals surface area contributed by atoms with E-state index in [1.807, 2.05) is 6.07 Å². The molecule has 0 saturated carbocycles. The molecule has 10 aromatic rings. The third-order valence-corrected chi connectivity index (χ3v) is 10.4. The number of furan rings is 1. The lowest BCUT2D eigenvalue weighted by Crippen LogP contribution is -1.96. The van der Waals surface area contributed by atoms with E-state index in [-0.39, 0.29) is 0 Å². The molecule has 2 aromatic heterocycles. The second-order valence-corrected chi connectivity index (χ2v) is 13.4. The van der Waals surface area contributed by atoms with Crippen LogP contribution in [0.5, 0.6) is 0 Å². The highest BCUT2D eigenvalue weighted by molar-refractivity contribution is 6.26. The molecule has 0 N–H and O–H groups in total. The van der Waals surface area contributed by atoms with Gasteiger partial charge in [-0.1, -0.05) is 133 Å². The molecule has 0 radical (unpaired) electrons. The Kier molecular flexibility index (Phi) is 5.96. The van der Waals surface area contributed by atoms with E-state index in [2.05, 4.69) is 164 Å². The summed E-state index contributed by atoms with van der Waals surface area (Å²) in [5.74, 6) is 0.692. The normalized spacial score (nSPS) is 11.9. The van der Waals surface area contributed by atoms with Gasteiger partial charge in [-0.2, -0.15) is 0 Å². The molecule has 0 aliphatic heterocycles. The third kappa shape index (κ3) is 4.38. The molecule has 0 amide bonds. The minimum Gasteiger partial charge on any atom is -0.455 e. The van der Waals surface area contributed by atoms with E-state index in [9.17, 15) is 0 Å². The molecule has 0 bridgehead atoms. The van der Waals surface area contributed by atoms with Gasteiger partial charge in [0.1, 0.15) is 11.2 Å². The predicted octanol–water partition coefficient (Wildman–Crippen LogP) is 13.0. The molecule has 1 aliphatic carbocycles. The van der Waals surface area contributed by atoms with Crippen LogP contribution in [-0.2, 0) is 0 Å². The first kappa shape index (κ1) is 28.0. The molecule has 0 fully saturated rings. The van der Waals surface area contributed by atoms with Crippen LogP contribution in [0.4, 0.5) is 0 Å². The average molecular weight is 649 g/mol. The summed E-state index contributed by atoms with van der Waals surface area (Å²) in [5.41, 5.74) is 13.9. The van der Waals surface area contributed by atoms with E-state index in [1.165, 1.54) is 49.4 Å². The smallest absolute Gasteiger partial charge is 0.160 e. The molecular formula is C48H28N2O. The Hall–Kier alpha value is -6.84. The summed E-state index contributed by atoms with van der Waals surface area (Å²) in [5, 5.41) is 7.16. The Morgan fingerprint density at radius 1 is 0.373 bits per heavy atom. The predicted molar refractivity (Wildman–Crippen MR) is 210 cm³/mol. The Balaban J connectivity index is 1.06. The van der Waals surface area contributed by atoms with Crippen LogP contribution >= 0.6 is 0 Å². The fourth-order valence-electron chi connectivity index (χ4n) is 7.92. The van der Waals surface area contributed by atoms with E-state index in [4.69, 9.17) is 14.4 Å². The van der Waals surface area contributed by atoms with Crippen LogP contribution in [0.25, 0.3) is 111 Å². The molecule has 0 saturated heterocycles. The van der Waals surface area contributed by atoms with Crippen molar-refractivity contribution in [3.05, 3.63) is 170 Å². The second-order valence-electron chi connectivity index (χ2n) is 13.4. The van der Waals surface area contributed by atoms with Gasteiger partial charge in [-0.15, -0.1) is 0 Å². The van der Waals surface area contributed by atoms with Crippen LogP contribution < -0.4 is 0 Å². The van der Waals surface area contributed by atoms with E-state index < -0.39 is 0 Å². The number of benzene rings is 8. The number of rotatable bonds is 4. The molecule has 1 aliphatic rings. The van der Waals surface area contributed by atoms with Gasteiger partial charge in [0, 0.05) is 38.4 Å². The Labute approximate surface area is 294 Å². The van der Waals surface area contributed by atoms with Gasteiger partial charge in [0.2, 0.25) is 0 Å². The summed E-state index contributed by atoms with van der Waals surface area (Å²) in [4.78, 5) is 10.3. The highest BCUT2D eigenvalue weighted by Crippen LogP contribution is 2.52. The number of hydrogen-bond acceptors (Lipinski definition) is 3. The summed E-state index contributed by atoms with van der Waals surface area (Å²) in [6, 6.07) is 60.1. The van der Waals surface area contributed by atoms with E-state index >= 15 is 0 Å². The number of fused-ring (bicyclic) bond motifs is 8. The zero-order valence-corrected chi connectivity index (χ0v) is 27.5. The van der Waals surface area contributed by atoms with Crippen molar-refractivity contribution >= 4 is 43.5 Å². The van der Waals surface area contributed by atoms with Gasteiger partial charge in [-0.25, -0.2) is 9.97 Å². The number of aromatic nitrogens is 2. The maximum atomic E-state index is 6.69. The summed E-state index contributed by atoms with van der Waals surface area (Å²) < 4.78 is 6.69. The largest absolute Gasteiger partial charge is 0.455 e. The summed E-state index contributed by atoms with van der Waals surface area (Å²) >= 11 is 0. The first-order chi connectivity index (χ1) is 25.2. The second kappa shape index (κ2) is 10.8. The van der Waals surface area contributed by atoms with Crippen molar-refractivity contribution in [3.8, 4) is 67.3 Å². The molecule has 11 rings (SSSR count). The zero-order chi connectivity index (χ0) is 33.5. The van der Waals surface area contributed by atoms with Crippen LogP contribution in [0, 0.1) is 0 Å². The van der Waals surface area contributed by atoms with E-state index in [0.29, 0.717) is 5.82 Å². The van der Waals surface area contributed by atoms with Crippen molar-refractivity contribution in [2.24, 2.45) is 0 Å². The monoisotopic (exact) mass is 648 g/mol. The van der Waals surface area contributed by atoms with Gasteiger partial charge in [0.25, 0.3) is 0 Å². The molecule has 2 heterocycles. The summed E-state index contributed by atoms with van der Waals surface area (Å²) in [6.07, 6.45) is 0. The van der Waals surface area contributed by atoms with E-state index in [1.54, 1.807) is 0 Å². The molecule has 0 atom stereocenters. The quantitative estimate of drug-likeness (QED) is 0.191. The van der Waals surface area contributed by atoms with Crippen LogP contribution in [0.3, 0.4) is 0 Å². The fourth-order valence-corrected chi connectivity index (χ4v) is 7.92. The first-order valence-electron chi connectivity index (χ1n) is 17.3. The standard InChI is InChI=1S/C48H28N2O/c1-2-10-31(11-3-1)42-28-43(50-48(49-42)32-20-17-30(18-21-32)34-22-19-29-9-4-5-12-33(29)25-34)35-23-24-44-40(26-35)41-27-36-13-8-16-38-37-14-6-7-15-39(37)46(45(36)38)47(41)51-44/h1-28H. The molecule has 0 unspecified atom stereocenters. The minimum absolute atomic E-state index is 0.692. The Bertz CT molecular complexity index is 3010. The lowest BCUT2D eigenvalue weighted by Gasteiger charge is -2.10. The van der Waals surface area contributed by atoms with Gasteiger partial charge < -0.3 is 4.42 Å². The first-order valence-corrected chi connectivity index (χ1v) is 17.3. The SMILES string of the molecule is c1ccc(-c2cc(-c3ccc4oc5c6c7c(cccc7cc5c4c3)-c3ccccc3-6)nc(-c3ccc(-c4ccc5ccccc5c4)cc3)n2)cc1. The molecule has 3 nitrogen and oxygen atoms in total. The Morgan fingerprint density at radius 3 is 1.90 bits per heavy atom. The lowest BCUT2D eigenvalue weighted by atomic mass is 9.98. The van der Waals surface area contributed by atoms with Gasteiger partial charge in [0.15, 0.2) is 5.82 Å². The molecule has 0 spiro atoms. The van der Waals surface area contributed by atoms with Gasteiger partial charge >= 0.3 is 0 Å². The molecule has 3 heteroatoms. The highest BCUT2D eigenvalue weighted by Gasteiger charge is 2.26. The van der Waals surface area contributed by atoms with Crippen molar-refractivity contribution < 1.29 is 4.42 Å². The van der Waals surface area contributed by atoms with Crippen molar-refractivity contribution in [1.82, 2.24) is 9.97 Å². The minimum atomic E-state index is 0.692. The van der Waals surface area contributed by atoms with Crippen molar-refractivity contribution in [2.75, 3.05) is 0 Å². The van der Waals surface area contributed by atoms with Gasteiger partial charge in [-0.3, -0.25) is 0 Å². The maximum absolute atomic E-state index is 6.69. The molecular weight excluding hydrogens is 621 g/mol. The van der Waals surface area contributed by atoms with Crippen molar-refractivity contribution in [2.45, 2.75) is 0 Å². The third-order valence-electron chi connectivity index (χ3n) is 10.4. The lowest BCUT2D eigenvalue weighted by molar-refractivity contribution is 0.670. The van der Waals surface area contributed by atoms with Crippen LogP contribution in [0.1, 0.15) is 0 Å². The van der Waals surface area contributed by atoms with Crippen LogP contribution in [-0.4, -0.2) is 9.97 Å².